The van der Waals surface area contributed by atoms with Crippen molar-refractivity contribution >= 4 is 22.6 Å². The number of nitrogens with one attached hydrogen (secondary N) is 1. The molecule has 5 aliphatic rings. The van der Waals surface area contributed by atoms with Crippen molar-refractivity contribution < 1.29 is 14.6 Å². The highest BCUT2D eigenvalue weighted by Crippen LogP contribution is 2.56. The number of anilines is 1. The molecular weight excluding hydrogens is 364 g/mol. The second-order valence-corrected chi connectivity index (χ2v) is 9.79. The molecule has 1 saturated heterocycles. The number of carbonyl (C=O) groups is 1. The third kappa shape index (κ3) is 3.17. The first-order valence-electron chi connectivity index (χ1n) is 9.82. The number of aliphatic hydroxyl groups is 1. The summed E-state index contributed by atoms with van der Waals surface area (Å²) < 4.78 is 5.97. The zero-order valence-electron chi connectivity index (χ0n) is 15.1. The Morgan fingerprint density at radius 1 is 1.41 bits per heavy atom. The molecule has 144 valence electrons. The Kier molecular flexibility index (Phi) is 4.06. The normalized spacial score (nSPS) is 39.4. The van der Waals surface area contributed by atoms with Crippen LogP contribution in [0, 0.1) is 29.1 Å². The van der Waals surface area contributed by atoms with Gasteiger partial charge in [-0.15, -0.1) is 0 Å². The number of rotatable bonds is 3. The molecule has 2 N–H and O–H groups in total. The maximum absolute atomic E-state index is 12.7. The molecule has 2 heterocycles. The summed E-state index contributed by atoms with van der Waals surface area (Å²) in [6.07, 6.45) is 6.84. The molecule has 0 spiro atoms. The number of likely N-dealkylation sites (tertiary alicyclic amines) is 1. The quantitative estimate of drug-likeness (QED) is 0.826. The summed E-state index contributed by atoms with van der Waals surface area (Å²) >= 11 is 1.33. The third-order valence-electron chi connectivity index (χ3n) is 6.78. The van der Waals surface area contributed by atoms with Crippen LogP contribution in [0.4, 0.5) is 9.93 Å². The van der Waals surface area contributed by atoms with Gasteiger partial charge in [0.25, 0.3) is 0 Å². The van der Waals surface area contributed by atoms with Gasteiger partial charge in [0.15, 0.2) is 5.13 Å². The molecule has 4 bridgehead atoms. The molecule has 27 heavy (non-hydrogen) atoms. The topological polar surface area (TPSA) is 98.5 Å². The Bertz CT molecular complexity index is 774. The van der Waals surface area contributed by atoms with Crippen molar-refractivity contribution in [2.45, 2.75) is 56.3 Å². The van der Waals surface area contributed by atoms with Crippen molar-refractivity contribution in [2.75, 3.05) is 18.4 Å². The molecule has 8 heteroatoms. The van der Waals surface area contributed by atoms with E-state index in [0.29, 0.717) is 35.7 Å². The smallest absolute Gasteiger partial charge is 0.410 e. The first kappa shape index (κ1) is 17.3. The van der Waals surface area contributed by atoms with Crippen molar-refractivity contribution in [3.8, 4) is 6.07 Å². The number of hydrogen-bond donors (Lipinski definition) is 2. The Morgan fingerprint density at radius 2 is 2.19 bits per heavy atom. The van der Waals surface area contributed by atoms with E-state index in [1.54, 1.807) is 11.1 Å². The molecule has 0 radical (unpaired) electrons. The van der Waals surface area contributed by atoms with E-state index in [4.69, 9.17) is 10.00 Å². The van der Waals surface area contributed by atoms with E-state index in [-0.39, 0.29) is 18.2 Å². The molecule has 7 nitrogen and oxygen atoms in total. The summed E-state index contributed by atoms with van der Waals surface area (Å²) in [5.41, 5.74) is -0.502. The lowest BCUT2D eigenvalue weighted by Gasteiger charge is -2.57. The van der Waals surface area contributed by atoms with Gasteiger partial charge in [0, 0.05) is 19.1 Å². The van der Waals surface area contributed by atoms with Crippen LogP contribution in [0.15, 0.2) is 6.20 Å². The zero-order valence-corrected chi connectivity index (χ0v) is 16.0. The first-order valence-corrected chi connectivity index (χ1v) is 10.6. The second-order valence-electron chi connectivity index (χ2n) is 8.76. The van der Waals surface area contributed by atoms with E-state index in [9.17, 15) is 9.90 Å². The van der Waals surface area contributed by atoms with Crippen LogP contribution in [0.2, 0.25) is 0 Å². The lowest BCUT2D eigenvalue weighted by molar-refractivity contribution is -0.177. The second kappa shape index (κ2) is 6.35. The average Bonchev–Trinajstić information content (AvgIpc) is 3.26. The fourth-order valence-electron chi connectivity index (χ4n) is 5.93. The van der Waals surface area contributed by atoms with Crippen molar-refractivity contribution in [1.82, 2.24) is 9.88 Å². The van der Waals surface area contributed by atoms with Gasteiger partial charge < -0.3 is 20.1 Å². The third-order valence-corrected chi connectivity index (χ3v) is 7.61. The van der Waals surface area contributed by atoms with Crippen LogP contribution in [-0.4, -0.2) is 51.9 Å². The number of nitriles is 1. The Morgan fingerprint density at radius 3 is 2.85 bits per heavy atom. The minimum Gasteiger partial charge on any atom is -0.446 e. The largest absolute Gasteiger partial charge is 0.446 e. The number of amides is 1. The van der Waals surface area contributed by atoms with Crippen LogP contribution in [0.3, 0.4) is 0 Å². The number of ether oxygens (including phenoxy) is 1. The van der Waals surface area contributed by atoms with E-state index < -0.39 is 5.60 Å². The van der Waals surface area contributed by atoms with Crippen molar-refractivity contribution in [3.63, 3.8) is 0 Å². The summed E-state index contributed by atoms with van der Waals surface area (Å²) in [6.45, 7) is 1.26. The van der Waals surface area contributed by atoms with Gasteiger partial charge in [0.1, 0.15) is 17.1 Å². The maximum atomic E-state index is 12.7. The van der Waals surface area contributed by atoms with Crippen LogP contribution >= 0.6 is 11.3 Å². The molecule has 6 rings (SSSR count). The minimum atomic E-state index is -0.502. The number of carbonyl (C=O) groups excluding carboxylic acids is 1. The number of hydrogen-bond acceptors (Lipinski definition) is 7. The monoisotopic (exact) mass is 388 g/mol. The molecule has 0 aromatic carbocycles. The maximum Gasteiger partial charge on any atom is 0.410 e. The molecule has 1 aromatic heterocycles. The van der Waals surface area contributed by atoms with Crippen LogP contribution in [0.25, 0.3) is 0 Å². The van der Waals surface area contributed by atoms with Gasteiger partial charge in [-0.3, -0.25) is 0 Å². The van der Waals surface area contributed by atoms with Crippen molar-refractivity contribution in [1.29, 1.82) is 5.26 Å². The highest BCUT2D eigenvalue weighted by atomic mass is 32.1. The van der Waals surface area contributed by atoms with Gasteiger partial charge in [-0.25, -0.2) is 9.78 Å². The van der Waals surface area contributed by atoms with Gasteiger partial charge in [-0.05, 0) is 56.3 Å². The highest BCUT2D eigenvalue weighted by molar-refractivity contribution is 7.16. The lowest BCUT2D eigenvalue weighted by atomic mass is 9.53. The Balaban J connectivity index is 1.17. The van der Waals surface area contributed by atoms with Gasteiger partial charge in [0.05, 0.1) is 11.8 Å². The number of aromatic nitrogens is 1. The van der Waals surface area contributed by atoms with Gasteiger partial charge >= 0.3 is 6.09 Å². The number of nitrogens with zero attached hydrogens (tertiary/aromatic N) is 3. The standard InChI is InChI=1S/C19H24N4O3S/c20-8-15-9-21-17(27-15)22-14-1-2-23(10-14)18(24)26-16-12-3-11-4-13(16)7-19(25,5-11)6-12/h9,11-14,16,25H,1-7,10H2,(H,21,22)/t11?,12?,13?,14-,16?,19?/m1/s1. The fraction of sp³-hybridized carbons (Fsp3) is 0.737. The van der Waals surface area contributed by atoms with Crippen LogP contribution < -0.4 is 5.32 Å². The van der Waals surface area contributed by atoms with Gasteiger partial charge in [-0.1, -0.05) is 11.3 Å². The summed E-state index contributed by atoms with van der Waals surface area (Å²) in [6, 6.07) is 2.22. The summed E-state index contributed by atoms with van der Waals surface area (Å²) in [5.74, 6) is 1.25. The molecular formula is C19H24N4O3S. The highest BCUT2D eigenvalue weighted by Gasteiger charge is 2.56. The van der Waals surface area contributed by atoms with Crippen molar-refractivity contribution in [3.05, 3.63) is 11.1 Å². The van der Waals surface area contributed by atoms with Gasteiger partial charge in [-0.2, -0.15) is 5.26 Å². The molecule has 2 unspecified atom stereocenters. The van der Waals surface area contributed by atoms with Crippen LogP contribution in [0.5, 0.6) is 0 Å². The summed E-state index contributed by atoms with van der Waals surface area (Å²) in [4.78, 5) is 19.3. The first-order chi connectivity index (χ1) is 13.0. The molecule has 1 aliphatic heterocycles. The molecule has 5 fully saturated rings. The predicted octanol–water partition coefficient (Wildman–Crippen LogP) is 2.58. The predicted molar refractivity (Wildman–Crippen MR) is 99.2 cm³/mol. The van der Waals surface area contributed by atoms with E-state index in [0.717, 1.165) is 43.7 Å². The summed E-state index contributed by atoms with van der Waals surface area (Å²) in [7, 11) is 0. The molecule has 4 saturated carbocycles. The Labute approximate surface area is 162 Å². The van der Waals surface area contributed by atoms with Gasteiger partial charge in [0.2, 0.25) is 0 Å². The number of thiazole rings is 1. The molecule has 1 aromatic rings. The SMILES string of the molecule is N#Cc1cnc(N[C@@H]2CCN(C(=O)OC3C4CC5CC3CC(O)(C5)C4)C2)s1. The van der Waals surface area contributed by atoms with Crippen LogP contribution in [-0.2, 0) is 4.74 Å². The molecule has 3 atom stereocenters. The molecule has 1 amide bonds. The lowest BCUT2D eigenvalue weighted by Crippen LogP contribution is -2.58. The average molecular weight is 388 g/mol. The van der Waals surface area contributed by atoms with Crippen molar-refractivity contribution in [2.24, 2.45) is 17.8 Å². The van der Waals surface area contributed by atoms with Crippen LogP contribution in [0.1, 0.15) is 43.4 Å². The minimum absolute atomic E-state index is 0.0292. The Hall–Kier alpha value is -1.85. The molecule has 4 aliphatic carbocycles. The van der Waals surface area contributed by atoms with E-state index >= 15 is 0 Å². The van der Waals surface area contributed by atoms with E-state index in [1.165, 1.54) is 11.3 Å². The summed E-state index contributed by atoms with van der Waals surface area (Å²) in [5, 5.41) is 23.6. The zero-order chi connectivity index (χ0) is 18.6. The van der Waals surface area contributed by atoms with E-state index in [2.05, 4.69) is 16.4 Å². The fourth-order valence-corrected chi connectivity index (χ4v) is 6.62. The van der Waals surface area contributed by atoms with E-state index in [1.807, 2.05) is 0 Å².